The first-order chi connectivity index (χ1) is 8.76. The van der Waals surface area contributed by atoms with Gasteiger partial charge in [0.2, 0.25) is 0 Å². The van der Waals surface area contributed by atoms with Crippen molar-refractivity contribution in [3.8, 4) is 16.9 Å². The molecule has 0 aliphatic heterocycles. The number of aromatic nitrogens is 1. The quantitative estimate of drug-likeness (QED) is 0.777. The topological polar surface area (TPSA) is 39.2 Å². The normalized spacial score (nSPS) is 10.1. The van der Waals surface area contributed by atoms with E-state index in [1.807, 2.05) is 6.92 Å². The van der Waals surface area contributed by atoms with Crippen molar-refractivity contribution >= 4 is 6.29 Å². The predicted molar refractivity (Wildman–Crippen MR) is 66.2 cm³/mol. The van der Waals surface area contributed by atoms with Crippen LogP contribution in [0.4, 0.5) is 4.39 Å². The van der Waals surface area contributed by atoms with Gasteiger partial charge in [-0.2, -0.15) is 0 Å². The monoisotopic (exact) mass is 245 g/mol. The Kier molecular flexibility index (Phi) is 3.67. The van der Waals surface area contributed by atoms with Gasteiger partial charge in [-0.25, -0.2) is 4.39 Å². The second-order valence-electron chi connectivity index (χ2n) is 3.66. The third kappa shape index (κ3) is 2.37. The third-order valence-electron chi connectivity index (χ3n) is 2.52. The number of nitrogens with zero attached hydrogens (tertiary/aromatic N) is 1. The van der Waals surface area contributed by atoms with Crippen molar-refractivity contribution in [1.82, 2.24) is 4.98 Å². The molecule has 0 saturated carbocycles. The summed E-state index contributed by atoms with van der Waals surface area (Å²) in [5.74, 6) is 0.0346. The average molecular weight is 245 g/mol. The van der Waals surface area contributed by atoms with Crippen molar-refractivity contribution in [2.24, 2.45) is 0 Å². The maximum Gasteiger partial charge on any atom is 0.150 e. The van der Waals surface area contributed by atoms with Gasteiger partial charge in [0.25, 0.3) is 0 Å². The number of benzene rings is 1. The SMILES string of the molecule is CCOc1ccc(-c2cnccc2C=O)c(F)c1. The van der Waals surface area contributed by atoms with Crippen LogP contribution in [0.25, 0.3) is 11.1 Å². The lowest BCUT2D eigenvalue weighted by Crippen LogP contribution is -1.95. The molecule has 0 N–H and O–H groups in total. The summed E-state index contributed by atoms with van der Waals surface area (Å²) in [6.45, 7) is 2.31. The summed E-state index contributed by atoms with van der Waals surface area (Å²) in [6, 6.07) is 6.12. The van der Waals surface area contributed by atoms with Crippen LogP contribution in [0.5, 0.6) is 5.75 Å². The molecule has 92 valence electrons. The molecule has 0 amide bonds. The van der Waals surface area contributed by atoms with Gasteiger partial charge in [0.05, 0.1) is 6.61 Å². The lowest BCUT2D eigenvalue weighted by molar-refractivity contribution is 0.112. The molecule has 1 heterocycles. The summed E-state index contributed by atoms with van der Waals surface area (Å²) in [5.41, 5.74) is 1.23. The molecule has 18 heavy (non-hydrogen) atoms. The highest BCUT2D eigenvalue weighted by Gasteiger charge is 2.10. The smallest absolute Gasteiger partial charge is 0.150 e. The number of rotatable bonds is 4. The molecule has 2 rings (SSSR count). The summed E-state index contributed by atoms with van der Waals surface area (Å²) >= 11 is 0. The van der Waals surface area contributed by atoms with Gasteiger partial charge < -0.3 is 4.74 Å². The van der Waals surface area contributed by atoms with Crippen molar-refractivity contribution in [2.75, 3.05) is 6.61 Å². The van der Waals surface area contributed by atoms with Crippen LogP contribution in [-0.2, 0) is 0 Å². The first kappa shape index (κ1) is 12.2. The van der Waals surface area contributed by atoms with E-state index in [0.717, 1.165) is 0 Å². The van der Waals surface area contributed by atoms with Crippen molar-refractivity contribution in [1.29, 1.82) is 0 Å². The first-order valence-electron chi connectivity index (χ1n) is 5.58. The Morgan fingerprint density at radius 2 is 2.17 bits per heavy atom. The Morgan fingerprint density at radius 3 is 2.83 bits per heavy atom. The second-order valence-corrected chi connectivity index (χ2v) is 3.66. The van der Waals surface area contributed by atoms with Gasteiger partial charge in [-0.15, -0.1) is 0 Å². The molecular formula is C14H12FNO2. The van der Waals surface area contributed by atoms with Crippen LogP contribution < -0.4 is 4.74 Å². The molecule has 0 aliphatic rings. The van der Waals surface area contributed by atoms with E-state index in [1.165, 1.54) is 18.5 Å². The van der Waals surface area contributed by atoms with Crippen molar-refractivity contribution in [3.05, 3.63) is 48.0 Å². The molecule has 0 bridgehead atoms. The molecule has 0 aliphatic carbocycles. The van der Waals surface area contributed by atoms with Crippen LogP contribution in [0.2, 0.25) is 0 Å². The Balaban J connectivity index is 2.48. The van der Waals surface area contributed by atoms with Crippen LogP contribution in [-0.4, -0.2) is 17.9 Å². The fourth-order valence-corrected chi connectivity index (χ4v) is 1.70. The summed E-state index contributed by atoms with van der Waals surface area (Å²) in [5, 5.41) is 0. The van der Waals surface area contributed by atoms with Gasteiger partial charge in [0, 0.05) is 35.2 Å². The van der Waals surface area contributed by atoms with E-state index in [4.69, 9.17) is 4.74 Å². The lowest BCUT2D eigenvalue weighted by Gasteiger charge is -2.08. The minimum atomic E-state index is -0.433. The summed E-state index contributed by atoms with van der Waals surface area (Å²) < 4.78 is 19.2. The Hall–Kier alpha value is -2.23. The van der Waals surface area contributed by atoms with Gasteiger partial charge in [-0.1, -0.05) is 0 Å². The van der Waals surface area contributed by atoms with E-state index >= 15 is 0 Å². The zero-order valence-electron chi connectivity index (χ0n) is 9.89. The summed E-state index contributed by atoms with van der Waals surface area (Å²) in [7, 11) is 0. The Bertz CT molecular complexity index is 569. The summed E-state index contributed by atoms with van der Waals surface area (Å²) in [4.78, 5) is 14.8. The van der Waals surface area contributed by atoms with E-state index in [0.29, 0.717) is 35.3 Å². The van der Waals surface area contributed by atoms with Crippen molar-refractivity contribution in [3.63, 3.8) is 0 Å². The second kappa shape index (κ2) is 5.40. The molecule has 0 fully saturated rings. The zero-order valence-corrected chi connectivity index (χ0v) is 9.89. The van der Waals surface area contributed by atoms with Crippen LogP contribution in [0.1, 0.15) is 17.3 Å². The fraction of sp³-hybridized carbons (Fsp3) is 0.143. The predicted octanol–water partition coefficient (Wildman–Crippen LogP) is 3.10. The van der Waals surface area contributed by atoms with Crippen molar-refractivity contribution in [2.45, 2.75) is 6.92 Å². The fourth-order valence-electron chi connectivity index (χ4n) is 1.70. The van der Waals surface area contributed by atoms with Crippen molar-refractivity contribution < 1.29 is 13.9 Å². The standard InChI is InChI=1S/C14H12FNO2/c1-2-18-11-3-4-12(14(15)7-11)13-8-16-6-5-10(13)9-17/h3-9H,2H2,1H3. The molecule has 2 aromatic rings. The number of carbonyl (C=O) groups is 1. The molecule has 0 unspecified atom stereocenters. The molecule has 0 saturated heterocycles. The number of aldehydes is 1. The largest absolute Gasteiger partial charge is 0.494 e. The number of pyridine rings is 1. The number of ether oxygens (including phenoxy) is 1. The van der Waals surface area contributed by atoms with E-state index in [-0.39, 0.29) is 0 Å². The molecule has 3 nitrogen and oxygen atoms in total. The van der Waals surface area contributed by atoms with Gasteiger partial charge in [-0.3, -0.25) is 9.78 Å². The minimum absolute atomic E-state index is 0.341. The highest BCUT2D eigenvalue weighted by Crippen LogP contribution is 2.27. The number of halogens is 1. The van der Waals surface area contributed by atoms with Crippen LogP contribution in [0.3, 0.4) is 0 Å². The molecule has 0 spiro atoms. The highest BCUT2D eigenvalue weighted by atomic mass is 19.1. The van der Waals surface area contributed by atoms with E-state index < -0.39 is 5.82 Å². The summed E-state index contributed by atoms with van der Waals surface area (Å²) in [6.07, 6.45) is 3.66. The molecule has 0 radical (unpaired) electrons. The lowest BCUT2D eigenvalue weighted by atomic mass is 10.0. The zero-order chi connectivity index (χ0) is 13.0. The van der Waals surface area contributed by atoms with Crippen LogP contribution >= 0.6 is 0 Å². The number of carbonyl (C=O) groups excluding carboxylic acids is 1. The van der Waals surface area contributed by atoms with Gasteiger partial charge >= 0.3 is 0 Å². The number of hydrogen-bond acceptors (Lipinski definition) is 3. The van der Waals surface area contributed by atoms with Crippen LogP contribution in [0, 0.1) is 5.82 Å². The average Bonchev–Trinajstić information content (AvgIpc) is 2.39. The highest BCUT2D eigenvalue weighted by molar-refractivity contribution is 5.87. The van der Waals surface area contributed by atoms with Gasteiger partial charge in [0.1, 0.15) is 11.6 Å². The molecule has 1 aromatic carbocycles. The number of hydrogen-bond donors (Lipinski definition) is 0. The van der Waals surface area contributed by atoms with Gasteiger partial charge in [-0.05, 0) is 25.1 Å². The van der Waals surface area contributed by atoms with Crippen LogP contribution in [0.15, 0.2) is 36.7 Å². The maximum absolute atomic E-state index is 14.0. The molecular weight excluding hydrogens is 233 g/mol. The molecule has 4 heteroatoms. The van der Waals surface area contributed by atoms with Gasteiger partial charge in [0.15, 0.2) is 6.29 Å². The Morgan fingerprint density at radius 1 is 1.33 bits per heavy atom. The van der Waals surface area contributed by atoms with E-state index in [1.54, 1.807) is 18.2 Å². The molecule has 0 atom stereocenters. The van der Waals surface area contributed by atoms with E-state index in [9.17, 15) is 9.18 Å². The maximum atomic E-state index is 14.0. The molecule has 1 aromatic heterocycles. The Labute approximate surface area is 104 Å². The minimum Gasteiger partial charge on any atom is -0.494 e. The first-order valence-corrected chi connectivity index (χ1v) is 5.58. The third-order valence-corrected chi connectivity index (χ3v) is 2.52. The van der Waals surface area contributed by atoms with E-state index in [2.05, 4.69) is 4.98 Å².